The SMILES string of the molecule is C=C(C)C[SiH]1OCc2ccccc2O1. The molecule has 0 saturated carbocycles. The maximum Gasteiger partial charge on any atom is 0.386 e. The van der Waals surface area contributed by atoms with E-state index in [1.54, 1.807) is 0 Å². The molecule has 3 heteroatoms. The molecule has 0 aliphatic carbocycles. The van der Waals surface area contributed by atoms with E-state index in [0.717, 1.165) is 22.9 Å². The smallest absolute Gasteiger partial charge is 0.386 e. The zero-order valence-corrected chi connectivity index (χ0v) is 9.48. The van der Waals surface area contributed by atoms with Crippen molar-refractivity contribution in [3.63, 3.8) is 0 Å². The number of para-hydroxylation sites is 1. The number of hydrogen-bond donors (Lipinski definition) is 0. The molecule has 0 bridgehead atoms. The zero-order chi connectivity index (χ0) is 9.97. The summed E-state index contributed by atoms with van der Waals surface area (Å²) >= 11 is 0. The van der Waals surface area contributed by atoms with Crippen LogP contribution in [0.25, 0.3) is 0 Å². The van der Waals surface area contributed by atoms with Crippen LogP contribution in [-0.4, -0.2) is 9.28 Å². The molecular weight excluding hydrogens is 192 g/mol. The second-order valence-corrected chi connectivity index (χ2v) is 5.46. The van der Waals surface area contributed by atoms with Crippen LogP contribution in [-0.2, 0) is 11.0 Å². The van der Waals surface area contributed by atoms with Gasteiger partial charge in [-0.1, -0.05) is 23.8 Å². The van der Waals surface area contributed by atoms with Crippen molar-refractivity contribution >= 4 is 9.28 Å². The van der Waals surface area contributed by atoms with Gasteiger partial charge in [0.15, 0.2) is 0 Å². The number of allylic oxidation sites excluding steroid dienone is 1. The van der Waals surface area contributed by atoms with Gasteiger partial charge in [-0.2, -0.15) is 0 Å². The molecule has 0 spiro atoms. The molecule has 0 aromatic heterocycles. The van der Waals surface area contributed by atoms with Gasteiger partial charge >= 0.3 is 9.28 Å². The average Bonchev–Trinajstić information content (AvgIpc) is 2.17. The summed E-state index contributed by atoms with van der Waals surface area (Å²) in [5.74, 6) is 0.997. The Morgan fingerprint density at radius 1 is 1.50 bits per heavy atom. The standard InChI is InChI=1S/C11H14O2Si/c1-9(2)8-14-12-7-10-5-3-4-6-11(10)13-14/h3-6,14H,1,7-8H2,2H3. The lowest BCUT2D eigenvalue weighted by Crippen LogP contribution is -2.30. The van der Waals surface area contributed by atoms with E-state index in [1.807, 2.05) is 31.2 Å². The summed E-state index contributed by atoms with van der Waals surface area (Å²) in [4.78, 5) is 0. The van der Waals surface area contributed by atoms with E-state index in [2.05, 4.69) is 6.58 Å². The maximum absolute atomic E-state index is 5.80. The van der Waals surface area contributed by atoms with E-state index < -0.39 is 9.28 Å². The van der Waals surface area contributed by atoms with E-state index in [0.29, 0.717) is 6.61 Å². The molecule has 0 radical (unpaired) electrons. The quantitative estimate of drug-likeness (QED) is 0.546. The highest BCUT2D eigenvalue weighted by molar-refractivity contribution is 6.46. The summed E-state index contributed by atoms with van der Waals surface area (Å²) in [6.07, 6.45) is 0. The molecular formula is C11H14O2Si. The minimum atomic E-state index is -1.52. The summed E-state index contributed by atoms with van der Waals surface area (Å²) in [5.41, 5.74) is 2.29. The monoisotopic (exact) mass is 206 g/mol. The normalized spacial score (nSPS) is 19.6. The van der Waals surface area contributed by atoms with Crippen LogP contribution in [0.5, 0.6) is 5.75 Å². The van der Waals surface area contributed by atoms with E-state index in [4.69, 9.17) is 8.85 Å². The topological polar surface area (TPSA) is 18.5 Å². The van der Waals surface area contributed by atoms with Crippen molar-refractivity contribution in [1.29, 1.82) is 0 Å². The molecule has 14 heavy (non-hydrogen) atoms. The van der Waals surface area contributed by atoms with Gasteiger partial charge in [-0.3, -0.25) is 0 Å². The molecule has 0 saturated heterocycles. The highest BCUT2D eigenvalue weighted by Gasteiger charge is 2.22. The van der Waals surface area contributed by atoms with Crippen LogP contribution in [0, 0.1) is 0 Å². The average molecular weight is 206 g/mol. The second kappa shape index (κ2) is 3.98. The molecule has 1 aromatic rings. The molecule has 1 unspecified atom stereocenters. The van der Waals surface area contributed by atoms with E-state index in [9.17, 15) is 0 Å². The van der Waals surface area contributed by atoms with Crippen LogP contribution >= 0.6 is 0 Å². The third-order valence-corrected chi connectivity index (χ3v) is 4.26. The van der Waals surface area contributed by atoms with Crippen molar-refractivity contribution in [3.05, 3.63) is 42.0 Å². The maximum atomic E-state index is 5.80. The van der Waals surface area contributed by atoms with Gasteiger partial charge < -0.3 is 8.85 Å². The summed E-state index contributed by atoms with van der Waals surface area (Å²) in [6.45, 7) is 6.59. The molecule has 1 aliphatic rings. The van der Waals surface area contributed by atoms with Crippen LogP contribution in [0.1, 0.15) is 12.5 Å². The first-order chi connectivity index (χ1) is 6.75. The Morgan fingerprint density at radius 2 is 2.29 bits per heavy atom. The van der Waals surface area contributed by atoms with Crippen LogP contribution in [0.2, 0.25) is 6.04 Å². The number of hydrogen-bond acceptors (Lipinski definition) is 2. The number of rotatable bonds is 2. The predicted molar refractivity (Wildman–Crippen MR) is 58.6 cm³/mol. The Kier molecular flexibility index (Phi) is 2.70. The van der Waals surface area contributed by atoms with Crippen molar-refractivity contribution in [2.75, 3.05) is 0 Å². The molecule has 0 N–H and O–H groups in total. The first kappa shape index (κ1) is 9.49. The number of fused-ring (bicyclic) bond motifs is 1. The molecule has 2 rings (SSSR count). The van der Waals surface area contributed by atoms with Gasteiger partial charge in [-0.05, 0) is 13.0 Å². The Balaban J connectivity index is 2.09. The Hall–Kier alpha value is -1.06. The first-order valence-corrected chi connectivity index (χ1v) is 6.52. The van der Waals surface area contributed by atoms with Crippen LogP contribution in [0.15, 0.2) is 36.4 Å². The molecule has 0 fully saturated rings. The van der Waals surface area contributed by atoms with E-state index in [-0.39, 0.29) is 0 Å². The third kappa shape index (κ3) is 2.05. The molecule has 74 valence electrons. The zero-order valence-electron chi connectivity index (χ0n) is 8.32. The van der Waals surface area contributed by atoms with Gasteiger partial charge in [-0.25, -0.2) is 0 Å². The van der Waals surface area contributed by atoms with E-state index in [1.165, 1.54) is 0 Å². The molecule has 0 amide bonds. The molecule has 1 aliphatic heterocycles. The van der Waals surface area contributed by atoms with Crippen molar-refractivity contribution in [2.45, 2.75) is 19.6 Å². The summed E-state index contributed by atoms with van der Waals surface area (Å²) in [5, 5.41) is 0. The first-order valence-electron chi connectivity index (χ1n) is 4.76. The fourth-order valence-corrected chi connectivity index (χ4v) is 3.20. The Labute approximate surface area is 86.0 Å². The minimum Gasteiger partial charge on any atom is -0.522 e. The van der Waals surface area contributed by atoms with Gasteiger partial charge in [0.25, 0.3) is 0 Å². The largest absolute Gasteiger partial charge is 0.522 e. The summed E-state index contributed by atoms with van der Waals surface area (Å²) < 4.78 is 11.5. The highest BCUT2D eigenvalue weighted by atomic mass is 28.3. The highest BCUT2D eigenvalue weighted by Crippen LogP contribution is 2.25. The predicted octanol–water partition coefficient (Wildman–Crippen LogP) is 2.39. The summed E-state index contributed by atoms with van der Waals surface area (Å²) in [7, 11) is -1.52. The second-order valence-electron chi connectivity index (χ2n) is 3.63. The third-order valence-electron chi connectivity index (χ3n) is 2.17. The van der Waals surface area contributed by atoms with Crippen LogP contribution in [0.4, 0.5) is 0 Å². The van der Waals surface area contributed by atoms with Gasteiger partial charge in [0, 0.05) is 11.6 Å². The van der Waals surface area contributed by atoms with Crippen molar-refractivity contribution in [1.82, 2.24) is 0 Å². The van der Waals surface area contributed by atoms with Gasteiger partial charge in [-0.15, -0.1) is 6.58 Å². The Morgan fingerprint density at radius 3 is 3.07 bits per heavy atom. The lowest BCUT2D eigenvalue weighted by Gasteiger charge is -2.25. The fourth-order valence-electron chi connectivity index (χ4n) is 1.48. The van der Waals surface area contributed by atoms with Crippen molar-refractivity contribution in [2.24, 2.45) is 0 Å². The van der Waals surface area contributed by atoms with Gasteiger partial charge in [0.05, 0.1) is 6.61 Å². The lowest BCUT2D eigenvalue weighted by molar-refractivity contribution is 0.229. The molecule has 2 nitrogen and oxygen atoms in total. The molecule has 1 aromatic carbocycles. The lowest BCUT2D eigenvalue weighted by atomic mass is 10.2. The van der Waals surface area contributed by atoms with Crippen molar-refractivity contribution in [3.8, 4) is 5.75 Å². The fraction of sp³-hybridized carbons (Fsp3) is 0.273. The van der Waals surface area contributed by atoms with Crippen LogP contribution in [0.3, 0.4) is 0 Å². The summed E-state index contributed by atoms with van der Waals surface area (Å²) in [6, 6.07) is 8.95. The number of benzene rings is 1. The van der Waals surface area contributed by atoms with Crippen molar-refractivity contribution < 1.29 is 8.85 Å². The molecule has 1 atom stereocenters. The van der Waals surface area contributed by atoms with Gasteiger partial charge in [0.2, 0.25) is 0 Å². The van der Waals surface area contributed by atoms with Gasteiger partial charge in [0.1, 0.15) is 5.75 Å². The molecule has 1 heterocycles. The Bertz CT molecular complexity index is 349. The van der Waals surface area contributed by atoms with Crippen LogP contribution < -0.4 is 4.43 Å². The van der Waals surface area contributed by atoms with E-state index >= 15 is 0 Å². The minimum absolute atomic E-state index is 0.695.